The molecule has 1 saturated carbocycles. The van der Waals surface area contributed by atoms with Crippen LogP contribution in [-0.4, -0.2) is 49.3 Å². The Kier molecular flexibility index (Phi) is 6.99. The van der Waals surface area contributed by atoms with Gasteiger partial charge in [0, 0.05) is 38.3 Å². The van der Waals surface area contributed by atoms with E-state index in [-0.39, 0.29) is 6.17 Å². The molecule has 0 amide bonds. The van der Waals surface area contributed by atoms with Gasteiger partial charge in [-0.15, -0.1) is 0 Å². The molecular weight excluding hydrogens is 214 g/mol. The molecule has 1 saturated heterocycles. The van der Waals surface area contributed by atoms with Crippen LogP contribution in [-0.2, 0) is 0 Å². The van der Waals surface area contributed by atoms with Crippen molar-refractivity contribution in [2.75, 3.05) is 26.2 Å². The van der Waals surface area contributed by atoms with Crippen molar-refractivity contribution >= 4 is 0 Å². The van der Waals surface area contributed by atoms with Crippen LogP contribution < -0.4 is 22.5 Å². The fourth-order valence-corrected chi connectivity index (χ4v) is 2.23. The van der Waals surface area contributed by atoms with Gasteiger partial charge in [-0.25, -0.2) is 0 Å². The predicted molar refractivity (Wildman–Crippen MR) is 72.5 cm³/mol. The Morgan fingerprint density at radius 2 is 1.41 bits per heavy atom. The molecule has 2 aliphatic rings. The van der Waals surface area contributed by atoms with Crippen LogP contribution in [0, 0.1) is 0 Å². The van der Waals surface area contributed by atoms with Gasteiger partial charge in [-0.3, -0.25) is 4.90 Å². The highest BCUT2D eigenvalue weighted by Crippen LogP contribution is 2.14. The summed E-state index contributed by atoms with van der Waals surface area (Å²) >= 11 is 0. The summed E-state index contributed by atoms with van der Waals surface area (Å²) in [5.74, 6) is 0. The first kappa shape index (κ1) is 14.9. The molecule has 0 aromatic rings. The second-order valence-electron chi connectivity index (χ2n) is 5.20. The van der Waals surface area contributed by atoms with E-state index in [1.807, 2.05) is 6.92 Å². The lowest BCUT2D eigenvalue weighted by molar-refractivity contribution is 0.188. The minimum absolute atomic E-state index is 0.229. The fourth-order valence-electron chi connectivity index (χ4n) is 2.23. The molecule has 0 radical (unpaired) electrons. The van der Waals surface area contributed by atoms with E-state index in [1.165, 1.54) is 0 Å². The SMILES string of the molecule is CC(N)N1CCNCC1.NC1CCC(N)CC1. The normalized spacial score (nSPS) is 32.5. The molecule has 5 nitrogen and oxygen atoms in total. The van der Waals surface area contributed by atoms with E-state index in [1.54, 1.807) is 0 Å². The Balaban J connectivity index is 0.000000171. The Morgan fingerprint density at radius 1 is 1.00 bits per heavy atom. The average Bonchev–Trinajstić information content (AvgIpc) is 2.35. The minimum atomic E-state index is 0.229. The van der Waals surface area contributed by atoms with Crippen LogP contribution in [0.1, 0.15) is 32.6 Å². The van der Waals surface area contributed by atoms with Crippen LogP contribution in [0.15, 0.2) is 0 Å². The van der Waals surface area contributed by atoms with Crippen LogP contribution in [0.25, 0.3) is 0 Å². The summed E-state index contributed by atoms with van der Waals surface area (Å²) in [7, 11) is 0. The van der Waals surface area contributed by atoms with Crippen molar-refractivity contribution in [1.82, 2.24) is 10.2 Å². The molecule has 0 aromatic heterocycles. The molecule has 0 aromatic carbocycles. The molecule has 102 valence electrons. The van der Waals surface area contributed by atoms with Gasteiger partial charge in [0.25, 0.3) is 0 Å². The monoisotopic (exact) mass is 243 g/mol. The third-order valence-corrected chi connectivity index (χ3v) is 3.54. The summed E-state index contributed by atoms with van der Waals surface area (Å²) in [5, 5.41) is 3.27. The maximum atomic E-state index is 5.67. The smallest absolute Gasteiger partial charge is 0.0543 e. The first-order valence-electron chi connectivity index (χ1n) is 6.81. The number of rotatable bonds is 1. The quantitative estimate of drug-likeness (QED) is 0.494. The van der Waals surface area contributed by atoms with Crippen LogP contribution >= 0.6 is 0 Å². The lowest BCUT2D eigenvalue weighted by Gasteiger charge is -2.30. The Labute approximate surface area is 105 Å². The van der Waals surface area contributed by atoms with Gasteiger partial charge in [-0.05, 0) is 32.6 Å². The number of piperazine rings is 1. The first-order valence-corrected chi connectivity index (χ1v) is 6.81. The molecule has 1 aliphatic carbocycles. The van der Waals surface area contributed by atoms with Gasteiger partial charge in [-0.2, -0.15) is 0 Å². The van der Waals surface area contributed by atoms with Gasteiger partial charge >= 0.3 is 0 Å². The summed E-state index contributed by atoms with van der Waals surface area (Å²) in [6.45, 7) is 6.39. The average molecular weight is 243 g/mol. The van der Waals surface area contributed by atoms with Gasteiger partial charge in [-0.1, -0.05) is 0 Å². The van der Waals surface area contributed by atoms with Crippen molar-refractivity contribution in [1.29, 1.82) is 0 Å². The van der Waals surface area contributed by atoms with Crippen molar-refractivity contribution in [2.45, 2.75) is 50.9 Å². The number of nitrogens with two attached hydrogens (primary N) is 3. The van der Waals surface area contributed by atoms with Gasteiger partial charge in [0.2, 0.25) is 0 Å². The maximum Gasteiger partial charge on any atom is 0.0543 e. The Bertz CT molecular complexity index is 173. The fraction of sp³-hybridized carbons (Fsp3) is 1.00. The number of nitrogens with zero attached hydrogens (tertiary/aromatic N) is 1. The van der Waals surface area contributed by atoms with Crippen molar-refractivity contribution in [3.05, 3.63) is 0 Å². The molecule has 2 rings (SSSR count). The van der Waals surface area contributed by atoms with Crippen molar-refractivity contribution in [3.63, 3.8) is 0 Å². The van der Waals surface area contributed by atoms with E-state index in [2.05, 4.69) is 10.2 Å². The molecule has 1 heterocycles. The predicted octanol–water partition coefficient (Wildman–Crippen LogP) is -0.589. The Hall–Kier alpha value is -0.200. The minimum Gasteiger partial charge on any atom is -0.328 e. The molecule has 1 atom stereocenters. The second-order valence-corrected chi connectivity index (χ2v) is 5.20. The summed E-state index contributed by atoms with van der Waals surface area (Å²) < 4.78 is 0. The van der Waals surface area contributed by atoms with Gasteiger partial charge in [0.1, 0.15) is 0 Å². The Morgan fingerprint density at radius 3 is 1.71 bits per heavy atom. The first-order chi connectivity index (χ1) is 8.09. The van der Waals surface area contributed by atoms with Crippen LogP contribution in [0.2, 0.25) is 0 Å². The number of nitrogens with one attached hydrogen (secondary N) is 1. The van der Waals surface area contributed by atoms with Crippen molar-refractivity contribution < 1.29 is 0 Å². The summed E-state index contributed by atoms with van der Waals surface area (Å²) in [6.07, 6.45) is 4.73. The van der Waals surface area contributed by atoms with E-state index in [4.69, 9.17) is 17.2 Å². The topological polar surface area (TPSA) is 93.3 Å². The summed E-state index contributed by atoms with van der Waals surface area (Å²) in [5.41, 5.74) is 16.9. The van der Waals surface area contributed by atoms with Gasteiger partial charge in [0.05, 0.1) is 6.17 Å². The van der Waals surface area contributed by atoms with Gasteiger partial charge < -0.3 is 22.5 Å². The molecule has 1 aliphatic heterocycles. The lowest BCUT2D eigenvalue weighted by atomic mass is 9.93. The van der Waals surface area contributed by atoms with Crippen LogP contribution in [0.5, 0.6) is 0 Å². The number of hydrogen-bond donors (Lipinski definition) is 4. The molecule has 2 fully saturated rings. The molecule has 7 N–H and O–H groups in total. The third-order valence-electron chi connectivity index (χ3n) is 3.54. The number of hydrogen-bond acceptors (Lipinski definition) is 5. The molecule has 0 bridgehead atoms. The van der Waals surface area contributed by atoms with E-state index in [0.29, 0.717) is 12.1 Å². The van der Waals surface area contributed by atoms with Crippen LogP contribution in [0.3, 0.4) is 0 Å². The summed E-state index contributed by atoms with van der Waals surface area (Å²) in [4.78, 5) is 2.27. The zero-order chi connectivity index (χ0) is 12.7. The lowest BCUT2D eigenvalue weighted by Crippen LogP contribution is -2.50. The zero-order valence-corrected chi connectivity index (χ0v) is 11.1. The molecule has 1 unspecified atom stereocenters. The highest BCUT2D eigenvalue weighted by Gasteiger charge is 2.13. The second kappa shape index (κ2) is 8.00. The van der Waals surface area contributed by atoms with Crippen LogP contribution in [0.4, 0.5) is 0 Å². The van der Waals surface area contributed by atoms with Gasteiger partial charge in [0.15, 0.2) is 0 Å². The molecule has 5 heteroatoms. The van der Waals surface area contributed by atoms with Crippen molar-refractivity contribution in [3.8, 4) is 0 Å². The highest BCUT2D eigenvalue weighted by atomic mass is 15.2. The highest BCUT2D eigenvalue weighted by molar-refractivity contribution is 4.75. The van der Waals surface area contributed by atoms with E-state index in [9.17, 15) is 0 Å². The largest absolute Gasteiger partial charge is 0.328 e. The molecule has 0 spiro atoms. The van der Waals surface area contributed by atoms with E-state index >= 15 is 0 Å². The maximum absolute atomic E-state index is 5.67. The van der Waals surface area contributed by atoms with E-state index < -0.39 is 0 Å². The third kappa shape index (κ3) is 6.33. The summed E-state index contributed by atoms with van der Waals surface area (Å²) in [6, 6.07) is 0.879. The standard InChI is InChI=1S/C6H15N3.C6H14N2/c1-6(7)9-4-2-8-3-5-9;7-5-1-2-6(8)4-3-5/h6,8H,2-5,7H2,1H3;5-6H,1-4,7-8H2. The molecular formula is C12H29N5. The van der Waals surface area contributed by atoms with E-state index in [0.717, 1.165) is 51.9 Å². The van der Waals surface area contributed by atoms with Crippen molar-refractivity contribution in [2.24, 2.45) is 17.2 Å². The zero-order valence-electron chi connectivity index (χ0n) is 11.1. The molecule has 17 heavy (non-hydrogen) atoms.